The van der Waals surface area contributed by atoms with Crippen LogP contribution in [0.2, 0.25) is 0 Å². The molecule has 0 radical (unpaired) electrons. The Morgan fingerprint density at radius 3 is 2.80 bits per heavy atom. The molecule has 0 atom stereocenters. The van der Waals surface area contributed by atoms with Crippen LogP contribution in [-0.2, 0) is 11.3 Å². The number of hydrogen-bond donors (Lipinski definition) is 1. The molecule has 20 heavy (non-hydrogen) atoms. The van der Waals surface area contributed by atoms with E-state index < -0.39 is 0 Å². The van der Waals surface area contributed by atoms with Gasteiger partial charge in [0.05, 0.1) is 18.0 Å². The fraction of sp³-hybridized carbons (Fsp3) is 0.688. The molecule has 4 heteroatoms. The lowest BCUT2D eigenvalue weighted by atomic mass is 10.1. The van der Waals surface area contributed by atoms with Gasteiger partial charge < -0.3 is 15.0 Å². The fourth-order valence-corrected chi connectivity index (χ4v) is 2.68. The average Bonchev–Trinajstić information content (AvgIpc) is 2.47. The zero-order chi connectivity index (χ0) is 14.4. The molecular formula is C16H27N3O. The largest absolute Gasteiger partial charge is 0.381 e. The highest BCUT2D eigenvalue weighted by Gasteiger charge is 2.20. The maximum Gasteiger partial charge on any atom is 0.0605 e. The van der Waals surface area contributed by atoms with Crippen LogP contribution in [0.3, 0.4) is 0 Å². The molecule has 1 N–H and O–H groups in total. The molecule has 1 aliphatic heterocycles. The topological polar surface area (TPSA) is 37.4 Å². The predicted molar refractivity (Wildman–Crippen MR) is 83.0 cm³/mol. The molecule has 0 unspecified atom stereocenters. The Hall–Kier alpha value is -1.13. The number of methoxy groups -OCH3 is 1. The Bertz CT molecular complexity index is 400. The van der Waals surface area contributed by atoms with Crippen molar-refractivity contribution in [1.29, 1.82) is 0 Å². The molecule has 0 amide bonds. The number of ether oxygens (including phenoxy) is 1. The second-order valence-electron chi connectivity index (χ2n) is 5.95. The highest BCUT2D eigenvalue weighted by atomic mass is 16.5. The molecule has 0 bridgehead atoms. The molecule has 0 aromatic carbocycles. The molecule has 0 saturated carbocycles. The number of anilines is 1. The Balaban J connectivity index is 1.97. The van der Waals surface area contributed by atoms with Gasteiger partial charge in [0.2, 0.25) is 0 Å². The van der Waals surface area contributed by atoms with E-state index in [1.165, 1.54) is 11.3 Å². The van der Waals surface area contributed by atoms with Gasteiger partial charge in [-0.15, -0.1) is 0 Å². The third kappa shape index (κ3) is 4.18. The van der Waals surface area contributed by atoms with Gasteiger partial charge in [-0.3, -0.25) is 4.98 Å². The summed E-state index contributed by atoms with van der Waals surface area (Å²) in [5.41, 5.74) is 2.62. The molecule has 1 saturated heterocycles. The summed E-state index contributed by atoms with van der Waals surface area (Å²) >= 11 is 0. The minimum Gasteiger partial charge on any atom is -0.381 e. The van der Waals surface area contributed by atoms with E-state index in [0.29, 0.717) is 12.0 Å². The van der Waals surface area contributed by atoms with Crippen LogP contribution in [0.25, 0.3) is 0 Å². The molecule has 1 aromatic rings. The highest BCUT2D eigenvalue weighted by molar-refractivity contribution is 5.52. The Morgan fingerprint density at radius 2 is 2.15 bits per heavy atom. The van der Waals surface area contributed by atoms with Crippen molar-refractivity contribution >= 4 is 5.69 Å². The van der Waals surface area contributed by atoms with Crippen molar-refractivity contribution in [2.75, 3.05) is 31.6 Å². The lowest BCUT2D eigenvalue weighted by Crippen LogP contribution is -2.37. The maximum atomic E-state index is 5.44. The van der Waals surface area contributed by atoms with E-state index in [4.69, 9.17) is 4.74 Å². The molecule has 1 aromatic heterocycles. The number of pyridine rings is 1. The number of hydrogen-bond acceptors (Lipinski definition) is 4. The van der Waals surface area contributed by atoms with Crippen molar-refractivity contribution in [2.24, 2.45) is 5.92 Å². The molecule has 2 heterocycles. The standard InChI is InChI=1S/C16H27N3O/c1-13(2)10-18-11-14-4-7-17-12-16(14)19-8-5-15(20-3)6-9-19/h4,7,12-13,15,18H,5-6,8-11H2,1-3H3. The van der Waals surface area contributed by atoms with E-state index in [1.807, 2.05) is 19.5 Å². The van der Waals surface area contributed by atoms with Crippen molar-refractivity contribution in [3.63, 3.8) is 0 Å². The zero-order valence-corrected chi connectivity index (χ0v) is 12.9. The van der Waals surface area contributed by atoms with Crippen molar-refractivity contribution in [2.45, 2.75) is 39.3 Å². The van der Waals surface area contributed by atoms with E-state index in [9.17, 15) is 0 Å². The minimum absolute atomic E-state index is 0.422. The summed E-state index contributed by atoms with van der Waals surface area (Å²) in [5.74, 6) is 0.678. The predicted octanol–water partition coefficient (Wildman–Crippen LogP) is 2.44. The first-order chi connectivity index (χ1) is 9.70. The van der Waals surface area contributed by atoms with Gasteiger partial charge in [0.25, 0.3) is 0 Å². The SMILES string of the molecule is COC1CCN(c2cnccc2CNCC(C)C)CC1. The van der Waals surface area contributed by atoms with Gasteiger partial charge in [0.15, 0.2) is 0 Å². The second-order valence-corrected chi connectivity index (χ2v) is 5.95. The van der Waals surface area contributed by atoms with Crippen LogP contribution in [0.1, 0.15) is 32.3 Å². The van der Waals surface area contributed by atoms with Gasteiger partial charge in [0, 0.05) is 32.9 Å². The molecule has 0 spiro atoms. The van der Waals surface area contributed by atoms with Gasteiger partial charge in [-0.05, 0) is 36.9 Å². The van der Waals surface area contributed by atoms with Crippen molar-refractivity contribution < 1.29 is 4.74 Å². The molecule has 0 aliphatic carbocycles. The first kappa shape index (κ1) is 15.3. The van der Waals surface area contributed by atoms with Crippen molar-refractivity contribution in [3.8, 4) is 0 Å². The van der Waals surface area contributed by atoms with E-state index in [0.717, 1.165) is 39.0 Å². The van der Waals surface area contributed by atoms with Crippen LogP contribution in [0, 0.1) is 5.92 Å². The molecule has 1 fully saturated rings. The van der Waals surface area contributed by atoms with E-state index in [2.05, 4.69) is 35.1 Å². The molecule has 2 rings (SSSR count). The first-order valence-electron chi connectivity index (χ1n) is 7.62. The smallest absolute Gasteiger partial charge is 0.0605 e. The number of aromatic nitrogens is 1. The average molecular weight is 277 g/mol. The third-order valence-electron chi connectivity index (χ3n) is 3.87. The van der Waals surface area contributed by atoms with Crippen molar-refractivity contribution in [3.05, 3.63) is 24.0 Å². The maximum absolute atomic E-state index is 5.44. The Labute approximate surface area is 122 Å². The van der Waals surface area contributed by atoms with Gasteiger partial charge in [-0.2, -0.15) is 0 Å². The summed E-state index contributed by atoms with van der Waals surface area (Å²) in [6, 6.07) is 2.13. The lowest BCUT2D eigenvalue weighted by Gasteiger charge is -2.34. The third-order valence-corrected chi connectivity index (χ3v) is 3.87. The first-order valence-corrected chi connectivity index (χ1v) is 7.62. The van der Waals surface area contributed by atoms with Crippen LogP contribution < -0.4 is 10.2 Å². The fourth-order valence-electron chi connectivity index (χ4n) is 2.68. The van der Waals surface area contributed by atoms with Crippen LogP contribution >= 0.6 is 0 Å². The van der Waals surface area contributed by atoms with Crippen LogP contribution in [-0.4, -0.2) is 37.8 Å². The summed E-state index contributed by atoms with van der Waals surface area (Å²) in [4.78, 5) is 6.74. The quantitative estimate of drug-likeness (QED) is 0.866. The minimum atomic E-state index is 0.422. The number of nitrogens with one attached hydrogen (secondary N) is 1. The number of piperidine rings is 1. The van der Waals surface area contributed by atoms with Gasteiger partial charge in [-0.25, -0.2) is 0 Å². The zero-order valence-electron chi connectivity index (χ0n) is 12.9. The van der Waals surface area contributed by atoms with E-state index >= 15 is 0 Å². The summed E-state index contributed by atoms with van der Waals surface area (Å²) in [5, 5.41) is 3.52. The summed E-state index contributed by atoms with van der Waals surface area (Å²) in [6.07, 6.45) is 6.51. The van der Waals surface area contributed by atoms with Gasteiger partial charge in [-0.1, -0.05) is 13.8 Å². The van der Waals surface area contributed by atoms with Crippen LogP contribution in [0.15, 0.2) is 18.5 Å². The summed E-state index contributed by atoms with van der Waals surface area (Å²) < 4.78 is 5.44. The summed E-state index contributed by atoms with van der Waals surface area (Å²) in [6.45, 7) is 8.54. The lowest BCUT2D eigenvalue weighted by molar-refractivity contribution is 0.0819. The molecular weight excluding hydrogens is 250 g/mol. The van der Waals surface area contributed by atoms with E-state index in [1.54, 1.807) is 0 Å². The second kappa shape index (κ2) is 7.60. The number of nitrogens with zero attached hydrogens (tertiary/aromatic N) is 2. The van der Waals surface area contributed by atoms with Crippen molar-refractivity contribution in [1.82, 2.24) is 10.3 Å². The molecule has 4 nitrogen and oxygen atoms in total. The van der Waals surface area contributed by atoms with Crippen LogP contribution in [0.5, 0.6) is 0 Å². The normalized spacial score (nSPS) is 16.9. The van der Waals surface area contributed by atoms with Crippen LogP contribution in [0.4, 0.5) is 5.69 Å². The molecule has 1 aliphatic rings. The molecule has 112 valence electrons. The van der Waals surface area contributed by atoms with Gasteiger partial charge in [0.1, 0.15) is 0 Å². The Kier molecular flexibility index (Phi) is 5.80. The highest BCUT2D eigenvalue weighted by Crippen LogP contribution is 2.24. The van der Waals surface area contributed by atoms with E-state index in [-0.39, 0.29) is 0 Å². The van der Waals surface area contributed by atoms with Gasteiger partial charge >= 0.3 is 0 Å². The monoisotopic (exact) mass is 277 g/mol. The summed E-state index contributed by atoms with van der Waals surface area (Å²) in [7, 11) is 1.81. The number of rotatable bonds is 6. The Morgan fingerprint density at radius 1 is 1.40 bits per heavy atom.